The molecule has 0 unspecified atom stereocenters. The number of halogens is 1. The second-order valence-corrected chi connectivity index (χ2v) is 4.07. The molecule has 108 valence electrons. The van der Waals surface area contributed by atoms with Gasteiger partial charge in [-0.05, 0) is 18.6 Å². The van der Waals surface area contributed by atoms with Gasteiger partial charge in [0, 0.05) is 0 Å². The summed E-state index contributed by atoms with van der Waals surface area (Å²) in [6.07, 6.45) is 0.707. The maximum absolute atomic E-state index is 13.0. The Bertz CT molecular complexity index is 547. The molecule has 8 heteroatoms. The molecular weight excluding hydrogens is 271 g/mol. The predicted octanol–water partition coefficient (Wildman–Crippen LogP) is 1.72. The smallest absolute Gasteiger partial charge is 0.326 e. The minimum atomic E-state index is -1.23. The zero-order valence-electron chi connectivity index (χ0n) is 10.6. The number of carbonyl (C=O) groups excluding carboxylic acids is 1. The van der Waals surface area contributed by atoms with Crippen LogP contribution in [0.15, 0.2) is 18.2 Å². The van der Waals surface area contributed by atoms with E-state index in [1.807, 2.05) is 0 Å². The number of rotatable bonds is 6. The van der Waals surface area contributed by atoms with Gasteiger partial charge >= 0.3 is 5.97 Å². The van der Waals surface area contributed by atoms with E-state index in [4.69, 9.17) is 5.11 Å². The number of carboxylic acid groups (broad SMARTS) is 1. The maximum Gasteiger partial charge on any atom is 0.326 e. The fraction of sp³-hybridized carbons (Fsp3) is 0.333. The summed E-state index contributed by atoms with van der Waals surface area (Å²) < 4.78 is 13.0. The third kappa shape index (κ3) is 3.74. The lowest BCUT2D eigenvalue weighted by atomic mass is 10.1. The monoisotopic (exact) mass is 284 g/mol. The Kier molecular flexibility index (Phi) is 5.13. The van der Waals surface area contributed by atoms with Gasteiger partial charge in [0.15, 0.2) is 0 Å². The molecule has 1 rings (SSSR count). The molecule has 0 spiro atoms. The maximum atomic E-state index is 13.0. The van der Waals surface area contributed by atoms with Crippen molar-refractivity contribution in [2.45, 2.75) is 25.8 Å². The highest BCUT2D eigenvalue weighted by Gasteiger charge is 2.25. The molecule has 0 heterocycles. The van der Waals surface area contributed by atoms with Crippen LogP contribution in [0.3, 0.4) is 0 Å². The van der Waals surface area contributed by atoms with Gasteiger partial charge in [-0.3, -0.25) is 14.9 Å². The van der Waals surface area contributed by atoms with Crippen molar-refractivity contribution in [3.05, 3.63) is 39.7 Å². The fourth-order valence-electron chi connectivity index (χ4n) is 1.63. The zero-order valence-corrected chi connectivity index (χ0v) is 10.6. The largest absolute Gasteiger partial charge is 0.480 e. The SMILES string of the molecule is CCC[C@@H](NC(=O)c1ccc(F)cc1[N+](=O)[O-])C(=O)O. The summed E-state index contributed by atoms with van der Waals surface area (Å²) in [6.45, 7) is 1.74. The van der Waals surface area contributed by atoms with Crippen LogP contribution in [0.4, 0.5) is 10.1 Å². The van der Waals surface area contributed by atoms with Crippen LogP contribution in [0.1, 0.15) is 30.1 Å². The number of hydrogen-bond donors (Lipinski definition) is 2. The van der Waals surface area contributed by atoms with Crippen LogP contribution in [-0.4, -0.2) is 27.9 Å². The van der Waals surface area contributed by atoms with Crippen LogP contribution in [-0.2, 0) is 4.79 Å². The van der Waals surface area contributed by atoms with Crippen LogP contribution < -0.4 is 5.32 Å². The number of nitrogens with zero attached hydrogens (tertiary/aromatic N) is 1. The van der Waals surface area contributed by atoms with E-state index >= 15 is 0 Å². The molecule has 1 amide bonds. The number of nitro groups is 1. The lowest BCUT2D eigenvalue weighted by Crippen LogP contribution is -2.40. The molecule has 2 N–H and O–H groups in total. The summed E-state index contributed by atoms with van der Waals surface area (Å²) in [5, 5.41) is 21.9. The minimum Gasteiger partial charge on any atom is -0.480 e. The molecule has 1 aromatic rings. The van der Waals surface area contributed by atoms with Gasteiger partial charge in [0.05, 0.1) is 11.0 Å². The average molecular weight is 284 g/mol. The van der Waals surface area contributed by atoms with Gasteiger partial charge in [0.2, 0.25) is 0 Å². The summed E-state index contributed by atoms with van der Waals surface area (Å²) in [5.41, 5.74) is -1.08. The van der Waals surface area contributed by atoms with Crippen molar-refractivity contribution in [3.63, 3.8) is 0 Å². The Hall–Kier alpha value is -2.51. The van der Waals surface area contributed by atoms with E-state index < -0.39 is 34.3 Å². The first-order valence-corrected chi connectivity index (χ1v) is 5.84. The number of aliphatic carboxylic acids is 1. The second kappa shape index (κ2) is 6.60. The van der Waals surface area contributed by atoms with Gasteiger partial charge < -0.3 is 10.4 Å². The molecule has 1 atom stereocenters. The number of carbonyl (C=O) groups is 2. The van der Waals surface area contributed by atoms with Gasteiger partial charge in [-0.15, -0.1) is 0 Å². The third-order valence-corrected chi connectivity index (χ3v) is 2.58. The summed E-state index contributed by atoms with van der Waals surface area (Å²) >= 11 is 0. The summed E-state index contributed by atoms with van der Waals surface area (Å²) in [6, 6.07) is 1.33. The summed E-state index contributed by atoms with van der Waals surface area (Å²) in [5.74, 6) is -3.00. The molecule has 7 nitrogen and oxygen atoms in total. The minimum absolute atomic E-state index is 0.191. The quantitative estimate of drug-likeness (QED) is 0.610. The van der Waals surface area contributed by atoms with E-state index in [0.29, 0.717) is 12.5 Å². The van der Waals surface area contributed by atoms with Gasteiger partial charge in [-0.25, -0.2) is 9.18 Å². The van der Waals surface area contributed by atoms with Crippen molar-refractivity contribution in [2.75, 3.05) is 0 Å². The predicted molar refractivity (Wildman–Crippen MR) is 66.9 cm³/mol. The molecule has 1 aromatic carbocycles. The van der Waals surface area contributed by atoms with Crippen LogP contribution in [0.5, 0.6) is 0 Å². The Morgan fingerprint density at radius 3 is 2.65 bits per heavy atom. The molecule has 0 aliphatic rings. The molecule has 0 radical (unpaired) electrons. The lowest BCUT2D eigenvalue weighted by Gasteiger charge is -2.13. The van der Waals surface area contributed by atoms with Gasteiger partial charge in [-0.2, -0.15) is 0 Å². The second-order valence-electron chi connectivity index (χ2n) is 4.07. The van der Waals surface area contributed by atoms with Crippen molar-refractivity contribution >= 4 is 17.6 Å². The molecule has 0 aliphatic heterocycles. The molecular formula is C12H13FN2O5. The molecule has 0 saturated heterocycles. The Labute approximate surface area is 113 Å². The first-order valence-electron chi connectivity index (χ1n) is 5.84. The first-order chi connectivity index (χ1) is 9.36. The standard InChI is InChI=1S/C12H13FN2O5/c1-2-3-9(12(17)18)14-11(16)8-5-4-7(13)6-10(8)15(19)20/h4-6,9H,2-3H2,1H3,(H,14,16)(H,17,18)/t9-/m1/s1. The van der Waals surface area contributed by atoms with Gasteiger partial charge in [-0.1, -0.05) is 13.3 Å². The van der Waals surface area contributed by atoms with E-state index in [2.05, 4.69) is 5.32 Å². The van der Waals surface area contributed by atoms with Gasteiger partial charge in [0.25, 0.3) is 11.6 Å². The number of benzene rings is 1. The summed E-state index contributed by atoms with van der Waals surface area (Å²) in [4.78, 5) is 32.7. The highest BCUT2D eigenvalue weighted by Crippen LogP contribution is 2.20. The third-order valence-electron chi connectivity index (χ3n) is 2.58. The Balaban J connectivity index is 3.03. The highest BCUT2D eigenvalue weighted by molar-refractivity contribution is 5.99. The van der Waals surface area contributed by atoms with E-state index in [1.165, 1.54) is 0 Å². The topological polar surface area (TPSA) is 110 Å². The fourth-order valence-corrected chi connectivity index (χ4v) is 1.63. The number of carboxylic acids is 1. The van der Waals surface area contributed by atoms with Gasteiger partial charge in [0.1, 0.15) is 17.4 Å². The van der Waals surface area contributed by atoms with Crippen LogP contribution in [0.2, 0.25) is 0 Å². The number of nitro benzene ring substituents is 1. The normalized spacial score (nSPS) is 11.7. The van der Waals surface area contributed by atoms with Crippen LogP contribution in [0.25, 0.3) is 0 Å². The van der Waals surface area contributed by atoms with E-state index in [-0.39, 0.29) is 12.0 Å². The van der Waals surface area contributed by atoms with Crippen LogP contribution in [0, 0.1) is 15.9 Å². The molecule has 0 fully saturated rings. The van der Waals surface area contributed by atoms with Crippen molar-refractivity contribution in [2.24, 2.45) is 0 Å². The highest BCUT2D eigenvalue weighted by atomic mass is 19.1. The van der Waals surface area contributed by atoms with E-state index in [1.54, 1.807) is 6.92 Å². The molecule has 0 aliphatic carbocycles. The summed E-state index contributed by atoms with van der Waals surface area (Å²) in [7, 11) is 0. The molecule has 0 saturated carbocycles. The molecule has 20 heavy (non-hydrogen) atoms. The molecule has 0 bridgehead atoms. The Morgan fingerprint density at radius 2 is 2.15 bits per heavy atom. The van der Waals surface area contributed by atoms with Crippen molar-refractivity contribution in [3.8, 4) is 0 Å². The average Bonchev–Trinajstić information content (AvgIpc) is 2.37. The van der Waals surface area contributed by atoms with E-state index in [9.17, 15) is 24.1 Å². The number of hydrogen-bond acceptors (Lipinski definition) is 4. The van der Waals surface area contributed by atoms with E-state index in [0.717, 1.165) is 12.1 Å². The van der Waals surface area contributed by atoms with Crippen molar-refractivity contribution < 1.29 is 24.0 Å². The lowest BCUT2D eigenvalue weighted by molar-refractivity contribution is -0.385. The van der Waals surface area contributed by atoms with Crippen molar-refractivity contribution in [1.29, 1.82) is 0 Å². The number of amides is 1. The number of nitrogens with one attached hydrogen (secondary N) is 1. The van der Waals surface area contributed by atoms with Crippen LogP contribution >= 0.6 is 0 Å². The van der Waals surface area contributed by atoms with Crippen molar-refractivity contribution in [1.82, 2.24) is 5.32 Å². The Morgan fingerprint density at radius 1 is 1.50 bits per heavy atom. The first kappa shape index (κ1) is 15.5. The zero-order chi connectivity index (χ0) is 15.3. The molecule has 0 aromatic heterocycles.